The number of rotatable bonds is 5. The van der Waals surface area contributed by atoms with Gasteiger partial charge in [0.15, 0.2) is 0 Å². The minimum Gasteiger partial charge on any atom is -0.348 e. The predicted molar refractivity (Wildman–Crippen MR) is 117 cm³/mol. The number of H-pyrrole nitrogens is 1. The normalized spacial score (nSPS) is 19.2. The number of fused-ring (bicyclic) bond motifs is 1. The molecule has 8 heteroatoms. The van der Waals surface area contributed by atoms with E-state index >= 15 is 0 Å². The van der Waals surface area contributed by atoms with E-state index in [0.717, 1.165) is 60.5 Å². The fourth-order valence-corrected chi connectivity index (χ4v) is 4.09. The number of nitrogens with zero attached hydrogens (tertiary/aromatic N) is 5. The van der Waals surface area contributed by atoms with Gasteiger partial charge in [-0.25, -0.2) is 4.99 Å². The highest BCUT2D eigenvalue weighted by molar-refractivity contribution is 6.01. The number of carbonyl (C=O) groups excluding carboxylic acids is 1. The van der Waals surface area contributed by atoms with Gasteiger partial charge in [0.25, 0.3) is 5.91 Å². The Bertz CT molecular complexity index is 1120. The molecule has 152 valence electrons. The lowest BCUT2D eigenvalue weighted by atomic mass is 10.0. The number of piperidine rings is 1. The van der Waals surface area contributed by atoms with Crippen molar-refractivity contribution in [1.29, 1.82) is 0 Å². The van der Waals surface area contributed by atoms with Gasteiger partial charge in [-0.05, 0) is 49.7 Å². The van der Waals surface area contributed by atoms with Crippen LogP contribution in [-0.4, -0.2) is 70.3 Å². The smallest absolute Gasteiger partial charge is 0.251 e. The van der Waals surface area contributed by atoms with Crippen LogP contribution in [0, 0.1) is 0 Å². The lowest BCUT2D eigenvalue weighted by Crippen LogP contribution is -2.48. The number of hydrogen-bond acceptors (Lipinski definition) is 6. The highest BCUT2D eigenvalue weighted by Gasteiger charge is 2.23. The minimum absolute atomic E-state index is 0.0538. The van der Waals surface area contributed by atoms with Crippen molar-refractivity contribution in [2.75, 3.05) is 26.2 Å². The molecule has 30 heavy (non-hydrogen) atoms. The SMILES string of the molecule is O=C(N[C@@H]1CCCN(CC2=NCC=N2)C1)c1ccc2[nH]nc(-c3ccncc3)c2c1. The van der Waals surface area contributed by atoms with Crippen molar-refractivity contribution in [3.05, 3.63) is 48.3 Å². The number of nitrogens with one attached hydrogen (secondary N) is 2. The number of likely N-dealkylation sites (tertiary alicyclic amines) is 1. The summed E-state index contributed by atoms with van der Waals surface area (Å²) in [5.74, 6) is 0.831. The van der Waals surface area contributed by atoms with Crippen molar-refractivity contribution in [3.63, 3.8) is 0 Å². The molecule has 1 aromatic carbocycles. The van der Waals surface area contributed by atoms with Gasteiger partial charge >= 0.3 is 0 Å². The molecule has 3 aromatic rings. The molecular formula is C22H23N7O. The van der Waals surface area contributed by atoms with Crippen molar-refractivity contribution in [2.24, 2.45) is 9.98 Å². The van der Waals surface area contributed by atoms with Gasteiger partial charge in [0.05, 0.1) is 18.6 Å². The number of amides is 1. The summed E-state index contributed by atoms with van der Waals surface area (Å²) in [6, 6.07) is 9.61. The molecule has 0 spiro atoms. The second-order valence-corrected chi connectivity index (χ2v) is 7.68. The van der Waals surface area contributed by atoms with Crippen LogP contribution in [0.2, 0.25) is 0 Å². The first-order valence-corrected chi connectivity index (χ1v) is 10.2. The number of aromatic nitrogens is 3. The zero-order chi connectivity index (χ0) is 20.3. The highest BCUT2D eigenvalue weighted by Crippen LogP contribution is 2.26. The Hall–Kier alpha value is -3.39. The Balaban J connectivity index is 1.30. The monoisotopic (exact) mass is 401 g/mol. The van der Waals surface area contributed by atoms with Gasteiger partial charge in [0.1, 0.15) is 11.5 Å². The van der Waals surface area contributed by atoms with Gasteiger partial charge in [0.2, 0.25) is 0 Å². The summed E-state index contributed by atoms with van der Waals surface area (Å²) in [7, 11) is 0. The van der Waals surface area contributed by atoms with E-state index in [4.69, 9.17) is 0 Å². The van der Waals surface area contributed by atoms with Crippen molar-refractivity contribution in [2.45, 2.75) is 18.9 Å². The maximum absolute atomic E-state index is 13.0. The van der Waals surface area contributed by atoms with Gasteiger partial charge in [-0.1, -0.05) is 0 Å². The molecule has 1 amide bonds. The highest BCUT2D eigenvalue weighted by atomic mass is 16.1. The van der Waals surface area contributed by atoms with E-state index in [9.17, 15) is 4.79 Å². The summed E-state index contributed by atoms with van der Waals surface area (Å²) in [6.07, 6.45) is 7.35. The molecule has 4 heterocycles. The maximum atomic E-state index is 13.0. The van der Waals surface area contributed by atoms with Crippen LogP contribution < -0.4 is 5.32 Å². The van der Waals surface area contributed by atoms with Crippen LogP contribution in [0.1, 0.15) is 23.2 Å². The Morgan fingerprint density at radius 3 is 2.97 bits per heavy atom. The third-order valence-electron chi connectivity index (χ3n) is 5.58. The number of amidine groups is 1. The van der Waals surface area contributed by atoms with Crippen molar-refractivity contribution >= 4 is 28.9 Å². The van der Waals surface area contributed by atoms with E-state index in [0.29, 0.717) is 12.1 Å². The summed E-state index contributed by atoms with van der Waals surface area (Å²) < 4.78 is 0. The van der Waals surface area contributed by atoms with Gasteiger partial charge in [-0.15, -0.1) is 0 Å². The van der Waals surface area contributed by atoms with Crippen molar-refractivity contribution in [3.8, 4) is 11.3 Å². The topological polar surface area (TPSA) is 98.6 Å². The summed E-state index contributed by atoms with van der Waals surface area (Å²) in [5, 5.41) is 11.6. The molecule has 2 aromatic heterocycles. The van der Waals surface area contributed by atoms with E-state index in [-0.39, 0.29) is 11.9 Å². The maximum Gasteiger partial charge on any atom is 0.251 e. The van der Waals surface area contributed by atoms with Crippen LogP contribution in [-0.2, 0) is 0 Å². The van der Waals surface area contributed by atoms with E-state index in [2.05, 4.69) is 35.4 Å². The first-order valence-electron chi connectivity index (χ1n) is 10.2. The van der Waals surface area contributed by atoms with Crippen LogP contribution in [0.4, 0.5) is 0 Å². The molecule has 0 aliphatic carbocycles. The Morgan fingerprint density at radius 1 is 1.23 bits per heavy atom. The number of aromatic amines is 1. The Morgan fingerprint density at radius 2 is 2.13 bits per heavy atom. The third kappa shape index (κ3) is 3.86. The summed E-state index contributed by atoms with van der Waals surface area (Å²) in [6.45, 7) is 3.26. The first-order chi connectivity index (χ1) is 14.8. The van der Waals surface area contributed by atoms with Crippen LogP contribution >= 0.6 is 0 Å². The quantitative estimate of drug-likeness (QED) is 0.685. The van der Waals surface area contributed by atoms with Crippen molar-refractivity contribution in [1.82, 2.24) is 25.4 Å². The third-order valence-corrected chi connectivity index (χ3v) is 5.58. The average Bonchev–Trinajstić information content (AvgIpc) is 3.44. The van der Waals surface area contributed by atoms with Crippen LogP contribution in [0.25, 0.3) is 22.2 Å². The zero-order valence-corrected chi connectivity index (χ0v) is 16.6. The second-order valence-electron chi connectivity index (χ2n) is 7.68. The molecule has 8 nitrogen and oxygen atoms in total. The van der Waals surface area contributed by atoms with E-state index in [1.54, 1.807) is 12.4 Å². The molecular weight excluding hydrogens is 378 g/mol. The van der Waals surface area contributed by atoms with Gasteiger partial charge in [-0.3, -0.25) is 24.8 Å². The Labute approximate surface area is 174 Å². The zero-order valence-electron chi connectivity index (χ0n) is 16.6. The number of aliphatic imine (C=N–C) groups is 2. The molecule has 0 saturated carbocycles. The average molecular weight is 401 g/mol. The molecule has 1 fully saturated rings. The minimum atomic E-state index is -0.0538. The fourth-order valence-electron chi connectivity index (χ4n) is 4.09. The summed E-state index contributed by atoms with van der Waals surface area (Å²) in [4.78, 5) is 28.0. The van der Waals surface area contributed by atoms with Crippen LogP contribution in [0.5, 0.6) is 0 Å². The van der Waals surface area contributed by atoms with E-state index in [1.165, 1.54) is 0 Å². The number of benzene rings is 1. The largest absolute Gasteiger partial charge is 0.348 e. The van der Waals surface area contributed by atoms with Crippen LogP contribution in [0.15, 0.2) is 52.7 Å². The number of pyridine rings is 1. The van der Waals surface area contributed by atoms with Gasteiger partial charge in [0, 0.05) is 47.7 Å². The Kier molecular flexibility index (Phi) is 5.06. The van der Waals surface area contributed by atoms with E-state index < -0.39 is 0 Å². The standard InChI is InChI=1S/C22H23N7O/c30-22(26-17-2-1-11-29(13-17)14-20-24-9-10-25-20)16-3-4-19-18(12-16)21(28-27-19)15-5-7-23-8-6-15/h3-9,12,17H,1-2,10-11,13-14H2,(H,26,30)(H,27,28)/t17-/m1/s1. The predicted octanol–water partition coefficient (Wildman–Crippen LogP) is 2.30. The van der Waals surface area contributed by atoms with Gasteiger partial charge in [-0.2, -0.15) is 5.10 Å². The molecule has 2 aliphatic heterocycles. The molecule has 1 saturated heterocycles. The molecule has 2 N–H and O–H groups in total. The fraction of sp³-hybridized carbons (Fsp3) is 0.318. The number of hydrogen-bond donors (Lipinski definition) is 2. The summed E-state index contributed by atoms with van der Waals surface area (Å²) in [5.41, 5.74) is 3.33. The molecule has 0 unspecified atom stereocenters. The molecule has 0 bridgehead atoms. The lowest BCUT2D eigenvalue weighted by Gasteiger charge is -2.32. The van der Waals surface area contributed by atoms with E-state index in [1.807, 2.05) is 36.5 Å². The molecule has 0 radical (unpaired) electrons. The number of carbonyl (C=O) groups is 1. The van der Waals surface area contributed by atoms with Crippen molar-refractivity contribution < 1.29 is 4.79 Å². The van der Waals surface area contributed by atoms with Gasteiger partial charge < -0.3 is 5.32 Å². The second kappa shape index (κ2) is 8.16. The van der Waals surface area contributed by atoms with Crippen LogP contribution in [0.3, 0.4) is 0 Å². The molecule has 5 rings (SSSR count). The lowest BCUT2D eigenvalue weighted by molar-refractivity contribution is 0.0909. The summed E-state index contributed by atoms with van der Waals surface area (Å²) >= 11 is 0. The molecule has 1 atom stereocenters. The first kappa shape index (κ1) is 18.6. The molecule has 2 aliphatic rings.